The van der Waals surface area contributed by atoms with Crippen molar-refractivity contribution in [1.29, 1.82) is 0 Å². The molecule has 2 aromatic rings. The van der Waals surface area contributed by atoms with Crippen molar-refractivity contribution < 1.29 is 14.6 Å². The van der Waals surface area contributed by atoms with Gasteiger partial charge in [-0.15, -0.1) is 0 Å². The Bertz CT molecular complexity index is 594. The number of ether oxygens (including phenoxy) is 1. The first-order valence-corrected chi connectivity index (χ1v) is 5.66. The quantitative estimate of drug-likeness (QED) is 0.577. The molecule has 0 saturated heterocycles. The van der Waals surface area contributed by atoms with Crippen LogP contribution in [0.15, 0.2) is 42.5 Å². The molecule has 0 unspecified atom stereocenters. The third-order valence-electron chi connectivity index (χ3n) is 2.60. The van der Waals surface area contributed by atoms with E-state index >= 15 is 0 Å². The fourth-order valence-electron chi connectivity index (χ4n) is 1.59. The Balaban J connectivity index is 2.03. The molecule has 0 aliphatic carbocycles. The number of rotatable bonds is 3. The van der Waals surface area contributed by atoms with Gasteiger partial charge in [-0.3, -0.25) is 0 Å². The van der Waals surface area contributed by atoms with Crippen molar-refractivity contribution in [1.82, 2.24) is 0 Å². The van der Waals surface area contributed by atoms with Gasteiger partial charge in [-0.2, -0.15) is 0 Å². The zero-order valence-corrected chi connectivity index (χ0v) is 10.2. The molecule has 0 atom stereocenters. The molecule has 0 amide bonds. The molecule has 0 spiro atoms. The summed E-state index contributed by atoms with van der Waals surface area (Å²) in [5, 5.41) is 9.14. The Labute approximate surface area is 110 Å². The van der Waals surface area contributed by atoms with E-state index in [0.717, 1.165) is 5.56 Å². The Morgan fingerprint density at radius 1 is 1.11 bits per heavy atom. The summed E-state index contributed by atoms with van der Waals surface area (Å²) in [7, 11) is 0. The fourth-order valence-corrected chi connectivity index (χ4v) is 1.59. The molecular formula is C14H14N2O3. The highest BCUT2D eigenvalue weighted by atomic mass is 16.5. The van der Waals surface area contributed by atoms with Gasteiger partial charge >= 0.3 is 5.97 Å². The third kappa shape index (κ3) is 3.16. The van der Waals surface area contributed by atoms with Crippen LogP contribution in [-0.2, 0) is 11.3 Å². The summed E-state index contributed by atoms with van der Waals surface area (Å²) >= 11 is 0. The number of hydrogen-bond donors (Lipinski definition) is 3. The summed E-state index contributed by atoms with van der Waals surface area (Å²) in [6.45, 7) is 0.114. The van der Waals surface area contributed by atoms with Crippen LogP contribution in [0, 0.1) is 0 Å². The molecule has 5 nitrogen and oxygen atoms in total. The molecule has 5 N–H and O–H groups in total. The lowest BCUT2D eigenvalue weighted by Gasteiger charge is -2.07. The Morgan fingerprint density at radius 3 is 2.42 bits per heavy atom. The SMILES string of the molecule is Nc1ccc(C(=O)OCc2ccc(O)cc2)c(N)c1. The van der Waals surface area contributed by atoms with Gasteiger partial charge < -0.3 is 21.3 Å². The van der Waals surface area contributed by atoms with Crippen LogP contribution >= 0.6 is 0 Å². The highest BCUT2D eigenvalue weighted by molar-refractivity contribution is 5.95. The van der Waals surface area contributed by atoms with Crippen molar-refractivity contribution in [2.75, 3.05) is 11.5 Å². The van der Waals surface area contributed by atoms with E-state index < -0.39 is 5.97 Å². The number of benzene rings is 2. The van der Waals surface area contributed by atoms with Crippen molar-refractivity contribution in [3.05, 3.63) is 53.6 Å². The highest BCUT2D eigenvalue weighted by Crippen LogP contribution is 2.17. The second kappa shape index (κ2) is 5.30. The van der Waals surface area contributed by atoms with Crippen LogP contribution in [-0.4, -0.2) is 11.1 Å². The summed E-state index contributed by atoms with van der Waals surface area (Å²) < 4.78 is 5.13. The molecule has 2 rings (SSSR count). The number of phenolic OH excluding ortho intramolecular Hbond substituents is 1. The molecule has 0 saturated carbocycles. The van der Waals surface area contributed by atoms with Gasteiger partial charge in [-0.25, -0.2) is 4.79 Å². The van der Waals surface area contributed by atoms with Crippen LogP contribution in [0.3, 0.4) is 0 Å². The molecule has 0 aliphatic rings. The van der Waals surface area contributed by atoms with Crippen LogP contribution in [0.2, 0.25) is 0 Å². The number of phenols is 1. The molecular weight excluding hydrogens is 244 g/mol. The van der Waals surface area contributed by atoms with E-state index in [2.05, 4.69) is 0 Å². The maximum atomic E-state index is 11.8. The minimum absolute atomic E-state index is 0.114. The van der Waals surface area contributed by atoms with Crippen LogP contribution in [0.1, 0.15) is 15.9 Å². The summed E-state index contributed by atoms with van der Waals surface area (Å²) in [6.07, 6.45) is 0. The van der Waals surface area contributed by atoms with E-state index in [1.165, 1.54) is 24.3 Å². The number of nitrogens with two attached hydrogens (primary N) is 2. The van der Waals surface area contributed by atoms with E-state index in [1.54, 1.807) is 18.2 Å². The minimum Gasteiger partial charge on any atom is -0.508 e. The summed E-state index contributed by atoms with van der Waals surface area (Å²) in [4.78, 5) is 11.8. The largest absolute Gasteiger partial charge is 0.508 e. The Hall–Kier alpha value is -2.69. The third-order valence-corrected chi connectivity index (χ3v) is 2.60. The molecule has 0 heterocycles. The standard InChI is InChI=1S/C14H14N2O3/c15-10-3-6-12(13(16)7-10)14(18)19-8-9-1-4-11(17)5-2-9/h1-7,17H,8,15-16H2. The first-order valence-electron chi connectivity index (χ1n) is 5.66. The van der Waals surface area contributed by atoms with Gasteiger partial charge in [0.1, 0.15) is 12.4 Å². The average molecular weight is 258 g/mol. The summed E-state index contributed by atoms with van der Waals surface area (Å²) in [5.41, 5.74) is 13.1. The number of hydrogen-bond acceptors (Lipinski definition) is 5. The van der Waals surface area contributed by atoms with E-state index in [4.69, 9.17) is 21.3 Å². The van der Waals surface area contributed by atoms with Crippen molar-refractivity contribution >= 4 is 17.3 Å². The summed E-state index contributed by atoms with van der Waals surface area (Å²) in [6, 6.07) is 11.0. The smallest absolute Gasteiger partial charge is 0.340 e. The van der Waals surface area contributed by atoms with E-state index in [9.17, 15) is 4.79 Å². The fraction of sp³-hybridized carbons (Fsp3) is 0.0714. The van der Waals surface area contributed by atoms with Crippen LogP contribution in [0.4, 0.5) is 11.4 Å². The minimum atomic E-state index is -0.509. The molecule has 0 fully saturated rings. The number of esters is 1. The van der Waals surface area contributed by atoms with Gasteiger partial charge in [0.2, 0.25) is 0 Å². The van der Waals surface area contributed by atoms with Crippen molar-refractivity contribution in [3.63, 3.8) is 0 Å². The number of anilines is 2. The molecule has 0 radical (unpaired) electrons. The monoisotopic (exact) mass is 258 g/mol. The second-order valence-corrected chi connectivity index (χ2v) is 4.09. The zero-order valence-electron chi connectivity index (χ0n) is 10.2. The Kier molecular flexibility index (Phi) is 3.56. The van der Waals surface area contributed by atoms with E-state index in [-0.39, 0.29) is 23.6 Å². The van der Waals surface area contributed by atoms with Crippen molar-refractivity contribution in [2.45, 2.75) is 6.61 Å². The highest BCUT2D eigenvalue weighted by Gasteiger charge is 2.11. The molecule has 5 heteroatoms. The lowest BCUT2D eigenvalue weighted by Crippen LogP contribution is -2.08. The van der Waals surface area contributed by atoms with Gasteiger partial charge in [0.15, 0.2) is 0 Å². The normalized spacial score (nSPS) is 10.1. The van der Waals surface area contributed by atoms with Crippen LogP contribution in [0.25, 0.3) is 0 Å². The van der Waals surface area contributed by atoms with E-state index in [1.807, 2.05) is 0 Å². The Morgan fingerprint density at radius 2 is 1.79 bits per heavy atom. The first-order chi connectivity index (χ1) is 9.06. The molecule has 0 aliphatic heterocycles. The van der Waals surface area contributed by atoms with Gasteiger partial charge in [0.05, 0.1) is 5.56 Å². The van der Waals surface area contributed by atoms with Gasteiger partial charge in [-0.05, 0) is 35.9 Å². The number of carbonyl (C=O) groups is 1. The molecule has 0 bridgehead atoms. The molecule has 98 valence electrons. The topological polar surface area (TPSA) is 98.6 Å². The second-order valence-electron chi connectivity index (χ2n) is 4.09. The van der Waals surface area contributed by atoms with Crippen LogP contribution < -0.4 is 11.5 Å². The maximum absolute atomic E-state index is 11.8. The zero-order chi connectivity index (χ0) is 13.8. The number of carbonyl (C=O) groups excluding carboxylic acids is 1. The van der Waals surface area contributed by atoms with Crippen LogP contribution in [0.5, 0.6) is 5.75 Å². The molecule has 19 heavy (non-hydrogen) atoms. The van der Waals surface area contributed by atoms with E-state index in [0.29, 0.717) is 5.69 Å². The predicted molar refractivity (Wildman–Crippen MR) is 72.5 cm³/mol. The number of nitrogen functional groups attached to an aromatic ring is 2. The maximum Gasteiger partial charge on any atom is 0.340 e. The van der Waals surface area contributed by atoms with Gasteiger partial charge in [0, 0.05) is 11.4 Å². The van der Waals surface area contributed by atoms with Crippen molar-refractivity contribution in [3.8, 4) is 5.75 Å². The lowest BCUT2D eigenvalue weighted by molar-refractivity contribution is 0.0474. The van der Waals surface area contributed by atoms with Crippen molar-refractivity contribution in [2.24, 2.45) is 0 Å². The average Bonchev–Trinajstić information content (AvgIpc) is 2.37. The van der Waals surface area contributed by atoms with Gasteiger partial charge in [0.25, 0.3) is 0 Å². The predicted octanol–water partition coefficient (Wildman–Crippen LogP) is 1.91. The van der Waals surface area contributed by atoms with Gasteiger partial charge in [-0.1, -0.05) is 12.1 Å². The first kappa shape index (κ1) is 12.8. The molecule has 0 aromatic heterocycles. The molecule has 2 aromatic carbocycles. The lowest BCUT2D eigenvalue weighted by atomic mass is 10.1. The number of aromatic hydroxyl groups is 1. The summed E-state index contributed by atoms with van der Waals surface area (Å²) in [5.74, 6) is -0.344.